The minimum atomic E-state index is -4.56. The number of benzene rings is 2. The van der Waals surface area contributed by atoms with Crippen LogP contribution >= 0.6 is 11.6 Å². The maximum atomic E-state index is 13.1. The number of sulfonamides is 1. The molecule has 0 radical (unpaired) electrons. The summed E-state index contributed by atoms with van der Waals surface area (Å²) in [5, 5.41) is 0.442. The molecule has 11 heteroatoms. The van der Waals surface area contributed by atoms with Gasteiger partial charge in [-0.25, -0.2) is 8.42 Å². The quantitative estimate of drug-likeness (QED) is 0.442. The Morgan fingerprint density at radius 1 is 1.22 bits per heavy atom. The van der Waals surface area contributed by atoms with Crippen molar-refractivity contribution in [2.45, 2.75) is 25.4 Å². The predicted molar refractivity (Wildman–Crippen MR) is 116 cm³/mol. The van der Waals surface area contributed by atoms with Gasteiger partial charge in [-0.05, 0) is 36.2 Å². The van der Waals surface area contributed by atoms with E-state index in [1.165, 1.54) is 6.07 Å². The number of nitrogens with one attached hydrogen (secondary N) is 2. The van der Waals surface area contributed by atoms with Crippen molar-refractivity contribution in [1.82, 2.24) is 4.98 Å². The molecule has 0 aliphatic rings. The lowest BCUT2D eigenvalue weighted by atomic mass is 9.87. The van der Waals surface area contributed by atoms with E-state index >= 15 is 0 Å². The molecule has 0 saturated carbocycles. The van der Waals surface area contributed by atoms with Crippen molar-refractivity contribution in [3.05, 3.63) is 64.3 Å². The van der Waals surface area contributed by atoms with Gasteiger partial charge in [0.05, 0.1) is 36.1 Å². The van der Waals surface area contributed by atoms with Crippen LogP contribution in [0.5, 0.6) is 0 Å². The Kier molecular flexibility index (Phi) is 6.75. The first-order valence-electron chi connectivity index (χ1n) is 9.50. The Morgan fingerprint density at radius 3 is 2.53 bits per heavy atom. The number of fused-ring (bicyclic) bond motifs is 1. The number of carbonyl (C=O) groups excluding carboxylic acids is 1. The minimum Gasteiger partial charge on any atom is -0.466 e. The van der Waals surface area contributed by atoms with Crippen LogP contribution in [-0.2, 0) is 25.7 Å². The number of aromatic amines is 1. The molecule has 1 atom stereocenters. The molecule has 3 rings (SSSR count). The fourth-order valence-electron chi connectivity index (χ4n) is 3.51. The first-order chi connectivity index (χ1) is 14.9. The number of H-pyrrole nitrogens is 1. The molecule has 1 heterocycles. The zero-order chi connectivity index (χ0) is 23.7. The molecule has 0 bridgehead atoms. The molecule has 1 aromatic heterocycles. The van der Waals surface area contributed by atoms with E-state index in [2.05, 4.69) is 9.71 Å². The molecule has 0 spiro atoms. The second-order valence-electron chi connectivity index (χ2n) is 7.14. The lowest BCUT2D eigenvalue weighted by Gasteiger charge is -2.19. The summed E-state index contributed by atoms with van der Waals surface area (Å²) in [5.74, 6) is -1.28. The monoisotopic (exact) mass is 488 g/mol. The van der Waals surface area contributed by atoms with Crippen LogP contribution in [0, 0.1) is 0 Å². The summed E-state index contributed by atoms with van der Waals surface area (Å²) in [6.45, 7) is 1.79. The van der Waals surface area contributed by atoms with Gasteiger partial charge in [0.2, 0.25) is 10.0 Å². The zero-order valence-corrected chi connectivity index (χ0v) is 18.7. The SMILES string of the molecule is CCOC(=O)CC(c1ccc(C(F)(F)F)cc1Cl)c1c[nH]c2c(NS(C)(=O)=O)cccc12. The van der Waals surface area contributed by atoms with Gasteiger partial charge in [-0.2, -0.15) is 13.2 Å². The number of para-hydroxylation sites is 1. The van der Waals surface area contributed by atoms with Crippen molar-refractivity contribution < 1.29 is 31.1 Å². The molecule has 0 amide bonds. The van der Waals surface area contributed by atoms with E-state index in [-0.39, 0.29) is 18.1 Å². The molecule has 0 aliphatic carbocycles. The van der Waals surface area contributed by atoms with Crippen LogP contribution in [0.1, 0.15) is 36.0 Å². The molecule has 0 aliphatic heterocycles. The van der Waals surface area contributed by atoms with E-state index in [1.807, 2.05) is 0 Å². The molecular formula is C21H20ClF3N2O4S. The average Bonchev–Trinajstić information content (AvgIpc) is 3.10. The Morgan fingerprint density at radius 2 is 1.94 bits per heavy atom. The van der Waals surface area contributed by atoms with E-state index in [1.54, 1.807) is 31.3 Å². The lowest BCUT2D eigenvalue weighted by molar-refractivity contribution is -0.143. The zero-order valence-electron chi connectivity index (χ0n) is 17.1. The fourth-order valence-corrected chi connectivity index (χ4v) is 4.39. The van der Waals surface area contributed by atoms with Crippen molar-refractivity contribution in [3.8, 4) is 0 Å². The number of ether oxygens (including phenoxy) is 1. The number of anilines is 1. The van der Waals surface area contributed by atoms with Gasteiger partial charge < -0.3 is 9.72 Å². The average molecular weight is 489 g/mol. The third-order valence-corrected chi connectivity index (χ3v) is 5.72. The summed E-state index contributed by atoms with van der Waals surface area (Å²) in [4.78, 5) is 15.3. The van der Waals surface area contributed by atoms with Crippen molar-refractivity contribution in [2.75, 3.05) is 17.6 Å². The minimum absolute atomic E-state index is 0.141. The van der Waals surface area contributed by atoms with Gasteiger partial charge in [0.15, 0.2) is 0 Å². The Bertz CT molecular complexity index is 1260. The number of alkyl halides is 3. The van der Waals surface area contributed by atoms with Crippen molar-refractivity contribution >= 4 is 44.2 Å². The Labute approximate surface area is 187 Å². The van der Waals surface area contributed by atoms with Crippen LogP contribution in [0.2, 0.25) is 5.02 Å². The number of esters is 1. The highest BCUT2D eigenvalue weighted by Gasteiger charge is 2.32. The standard InChI is InChI=1S/C21H20ClF3N2O4S/c1-3-31-19(28)10-15(13-8-7-12(9-17(13)22)21(23,24)25)16-11-26-20-14(16)5-4-6-18(20)27-32(2,29)30/h4-9,11,15,26-27H,3,10H2,1-2H3. The van der Waals surface area contributed by atoms with Gasteiger partial charge in [-0.15, -0.1) is 0 Å². The number of hydrogen-bond donors (Lipinski definition) is 2. The third-order valence-electron chi connectivity index (χ3n) is 4.80. The van der Waals surface area contributed by atoms with E-state index in [0.29, 0.717) is 27.7 Å². The maximum Gasteiger partial charge on any atom is 0.416 e. The summed E-state index contributed by atoms with van der Waals surface area (Å²) < 4.78 is 70.1. The Hall–Kier alpha value is -2.72. The summed E-state index contributed by atoms with van der Waals surface area (Å²) >= 11 is 6.22. The molecule has 2 aromatic carbocycles. The molecule has 6 nitrogen and oxygen atoms in total. The number of rotatable bonds is 7. The lowest BCUT2D eigenvalue weighted by Crippen LogP contribution is -2.13. The van der Waals surface area contributed by atoms with Gasteiger partial charge in [0.25, 0.3) is 0 Å². The number of carbonyl (C=O) groups is 1. The first-order valence-corrected chi connectivity index (χ1v) is 11.8. The number of aromatic nitrogens is 1. The van der Waals surface area contributed by atoms with Crippen LogP contribution in [-0.4, -0.2) is 32.2 Å². The Balaban J connectivity index is 2.14. The van der Waals surface area contributed by atoms with Crippen LogP contribution in [0.3, 0.4) is 0 Å². The highest BCUT2D eigenvalue weighted by molar-refractivity contribution is 7.92. The molecular weight excluding hydrogens is 469 g/mol. The molecule has 172 valence electrons. The summed E-state index contributed by atoms with van der Waals surface area (Å²) in [6, 6.07) is 7.88. The summed E-state index contributed by atoms with van der Waals surface area (Å²) in [5.41, 5.74) is 0.733. The van der Waals surface area contributed by atoms with Gasteiger partial charge in [0.1, 0.15) is 0 Å². The largest absolute Gasteiger partial charge is 0.466 e. The number of hydrogen-bond acceptors (Lipinski definition) is 4. The number of halogens is 4. The van der Waals surface area contributed by atoms with E-state index in [4.69, 9.17) is 16.3 Å². The molecule has 0 fully saturated rings. The normalized spacial score (nSPS) is 13.2. The first kappa shape index (κ1) is 23.9. The second kappa shape index (κ2) is 9.03. The van der Waals surface area contributed by atoms with Gasteiger partial charge in [-0.1, -0.05) is 29.8 Å². The van der Waals surface area contributed by atoms with Gasteiger partial charge in [-0.3, -0.25) is 9.52 Å². The molecule has 1 unspecified atom stereocenters. The van der Waals surface area contributed by atoms with Crippen molar-refractivity contribution in [3.63, 3.8) is 0 Å². The van der Waals surface area contributed by atoms with Crippen LogP contribution in [0.15, 0.2) is 42.6 Å². The topological polar surface area (TPSA) is 88.3 Å². The van der Waals surface area contributed by atoms with Crippen molar-refractivity contribution in [2.24, 2.45) is 0 Å². The van der Waals surface area contributed by atoms with Crippen LogP contribution in [0.4, 0.5) is 18.9 Å². The highest BCUT2D eigenvalue weighted by atomic mass is 35.5. The van der Waals surface area contributed by atoms with E-state index in [9.17, 15) is 26.4 Å². The van der Waals surface area contributed by atoms with Crippen LogP contribution < -0.4 is 4.72 Å². The van der Waals surface area contributed by atoms with E-state index in [0.717, 1.165) is 18.4 Å². The highest BCUT2D eigenvalue weighted by Crippen LogP contribution is 2.40. The maximum absolute atomic E-state index is 13.1. The second-order valence-corrected chi connectivity index (χ2v) is 9.30. The van der Waals surface area contributed by atoms with Gasteiger partial charge in [0, 0.05) is 22.5 Å². The van der Waals surface area contributed by atoms with Crippen LogP contribution in [0.25, 0.3) is 10.9 Å². The third kappa shape index (κ3) is 5.36. The van der Waals surface area contributed by atoms with E-state index < -0.39 is 33.7 Å². The molecule has 2 N–H and O–H groups in total. The molecule has 3 aromatic rings. The fraction of sp³-hybridized carbons (Fsp3) is 0.286. The molecule has 0 saturated heterocycles. The summed E-state index contributed by atoms with van der Waals surface area (Å²) in [6.07, 6.45) is -2.14. The molecule has 32 heavy (non-hydrogen) atoms. The summed E-state index contributed by atoms with van der Waals surface area (Å²) in [7, 11) is -3.56. The van der Waals surface area contributed by atoms with Gasteiger partial charge >= 0.3 is 12.1 Å². The smallest absolute Gasteiger partial charge is 0.416 e. The predicted octanol–water partition coefficient (Wildman–Crippen LogP) is 5.30. The van der Waals surface area contributed by atoms with Crippen molar-refractivity contribution in [1.29, 1.82) is 0 Å².